The van der Waals surface area contributed by atoms with E-state index in [0.29, 0.717) is 23.6 Å². The first-order chi connectivity index (χ1) is 8.49. The van der Waals surface area contributed by atoms with Gasteiger partial charge in [0.05, 0.1) is 0 Å². The van der Waals surface area contributed by atoms with E-state index in [-0.39, 0.29) is 17.9 Å². The third-order valence-electron chi connectivity index (χ3n) is 3.23. The van der Waals surface area contributed by atoms with E-state index in [1.807, 2.05) is 13.0 Å². The maximum absolute atomic E-state index is 12.0. The Morgan fingerprint density at radius 1 is 1.50 bits per heavy atom. The number of halogens is 1. The van der Waals surface area contributed by atoms with Crippen LogP contribution in [0.4, 0.5) is 5.69 Å². The number of likely N-dealkylation sites (N-methyl/N-ethyl adjacent to an activating group) is 1. The Balaban J connectivity index is 2.07. The predicted octanol–water partition coefficient (Wildman–Crippen LogP) is 2.21. The van der Waals surface area contributed by atoms with E-state index in [4.69, 9.17) is 11.6 Å². The van der Waals surface area contributed by atoms with Gasteiger partial charge >= 0.3 is 0 Å². The van der Waals surface area contributed by atoms with E-state index in [1.54, 1.807) is 19.2 Å². The molecule has 1 atom stereocenters. The third kappa shape index (κ3) is 2.48. The molecule has 2 amide bonds. The average molecular weight is 267 g/mol. The van der Waals surface area contributed by atoms with Crippen molar-refractivity contribution < 1.29 is 9.59 Å². The number of nitrogens with zero attached hydrogens (tertiary/aromatic N) is 1. The average Bonchev–Trinajstić information content (AvgIpc) is 2.65. The number of hydrogen-bond donors (Lipinski definition) is 1. The van der Waals surface area contributed by atoms with Gasteiger partial charge < -0.3 is 10.2 Å². The summed E-state index contributed by atoms with van der Waals surface area (Å²) in [6, 6.07) is 4.99. The standard InChI is InChI=1S/C13H15ClN2O2/c1-8-3-4-9(7-10(8)14)15-13(18)11-5-6-12(17)16(11)2/h3-4,7,11H,5-6H2,1-2H3,(H,15,18). The topological polar surface area (TPSA) is 49.4 Å². The Bertz CT molecular complexity index is 502. The van der Waals surface area contributed by atoms with Crippen LogP contribution < -0.4 is 5.32 Å². The minimum atomic E-state index is -0.377. The van der Waals surface area contributed by atoms with E-state index in [9.17, 15) is 9.59 Å². The molecule has 1 aromatic rings. The summed E-state index contributed by atoms with van der Waals surface area (Å²) in [6.45, 7) is 1.90. The highest BCUT2D eigenvalue weighted by molar-refractivity contribution is 6.31. The van der Waals surface area contributed by atoms with E-state index in [2.05, 4.69) is 5.32 Å². The molecule has 0 bridgehead atoms. The van der Waals surface area contributed by atoms with Gasteiger partial charge in [0.2, 0.25) is 11.8 Å². The lowest BCUT2D eigenvalue weighted by atomic mass is 10.2. The van der Waals surface area contributed by atoms with Crippen molar-refractivity contribution in [1.29, 1.82) is 0 Å². The molecule has 1 unspecified atom stereocenters. The van der Waals surface area contributed by atoms with Crippen molar-refractivity contribution in [2.75, 3.05) is 12.4 Å². The highest BCUT2D eigenvalue weighted by Gasteiger charge is 2.33. The lowest BCUT2D eigenvalue weighted by Crippen LogP contribution is -2.38. The number of hydrogen-bond acceptors (Lipinski definition) is 2. The Hall–Kier alpha value is -1.55. The van der Waals surface area contributed by atoms with Gasteiger partial charge in [-0.15, -0.1) is 0 Å². The molecule has 18 heavy (non-hydrogen) atoms. The summed E-state index contributed by atoms with van der Waals surface area (Å²) in [5, 5.41) is 3.40. The second-order valence-corrected chi connectivity index (χ2v) is 4.92. The molecule has 2 rings (SSSR count). The van der Waals surface area contributed by atoms with Gasteiger partial charge in [0.15, 0.2) is 0 Å². The van der Waals surface area contributed by atoms with Gasteiger partial charge in [-0.1, -0.05) is 17.7 Å². The zero-order chi connectivity index (χ0) is 13.3. The number of aryl methyl sites for hydroxylation is 1. The number of nitrogens with one attached hydrogen (secondary N) is 1. The van der Waals surface area contributed by atoms with Crippen LogP contribution in [0.3, 0.4) is 0 Å². The number of rotatable bonds is 2. The van der Waals surface area contributed by atoms with Crippen LogP contribution in [0.25, 0.3) is 0 Å². The van der Waals surface area contributed by atoms with Crippen molar-refractivity contribution in [3.8, 4) is 0 Å². The first kappa shape index (κ1) is 12.9. The summed E-state index contributed by atoms with van der Waals surface area (Å²) in [4.78, 5) is 24.9. The van der Waals surface area contributed by atoms with E-state index in [1.165, 1.54) is 4.90 Å². The van der Waals surface area contributed by atoms with Gasteiger partial charge in [0, 0.05) is 24.2 Å². The molecule has 1 fully saturated rings. The second-order valence-electron chi connectivity index (χ2n) is 4.51. The largest absolute Gasteiger partial charge is 0.334 e. The zero-order valence-corrected chi connectivity index (χ0v) is 11.1. The molecule has 0 aliphatic carbocycles. The molecule has 0 radical (unpaired) electrons. The van der Waals surface area contributed by atoms with Gasteiger partial charge in [-0.05, 0) is 31.0 Å². The summed E-state index contributed by atoms with van der Waals surface area (Å²) in [5.41, 5.74) is 1.62. The number of carbonyl (C=O) groups is 2. The van der Waals surface area contributed by atoms with Crippen LogP contribution >= 0.6 is 11.6 Å². The lowest BCUT2D eigenvalue weighted by molar-refractivity contribution is -0.131. The summed E-state index contributed by atoms with van der Waals surface area (Å²) in [6.07, 6.45) is 1.00. The molecular weight excluding hydrogens is 252 g/mol. The monoisotopic (exact) mass is 266 g/mol. The van der Waals surface area contributed by atoms with Gasteiger partial charge in [-0.2, -0.15) is 0 Å². The summed E-state index contributed by atoms with van der Waals surface area (Å²) >= 11 is 5.99. The molecule has 96 valence electrons. The number of amides is 2. The minimum absolute atomic E-state index is 0.0112. The van der Waals surface area contributed by atoms with Gasteiger partial charge in [0.25, 0.3) is 0 Å². The zero-order valence-electron chi connectivity index (χ0n) is 10.4. The van der Waals surface area contributed by atoms with Crippen molar-refractivity contribution in [1.82, 2.24) is 4.90 Å². The molecule has 1 aliphatic rings. The second kappa shape index (κ2) is 4.98. The molecule has 5 heteroatoms. The van der Waals surface area contributed by atoms with Crippen LogP contribution in [0.5, 0.6) is 0 Å². The van der Waals surface area contributed by atoms with Crippen LogP contribution in [0.1, 0.15) is 18.4 Å². The van der Waals surface area contributed by atoms with Crippen molar-refractivity contribution >= 4 is 29.1 Å². The highest BCUT2D eigenvalue weighted by atomic mass is 35.5. The van der Waals surface area contributed by atoms with E-state index in [0.717, 1.165) is 5.56 Å². The fraction of sp³-hybridized carbons (Fsp3) is 0.385. The van der Waals surface area contributed by atoms with Crippen LogP contribution in [0.2, 0.25) is 5.02 Å². The highest BCUT2D eigenvalue weighted by Crippen LogP contribution is 2.22. The predicted molar refractivity (Wildman–Crippen MR) is 70.6 cm³/mol. The Kier molecular flexibility index (Phi) is 3.57. The molecule has 1 aromatic carbocycles. The molecule has 4 nitrogen and oxygen atoms in total. The van der Waals surface area contributed by atoms with Crippen molar-refractivity contribution in [2.24, 2.45) is 0 Å². The van der Waals surface area contributed by atoms with Gasteiger partial charge in [0.1, 0.15) is 6.04 Å². The molecule has 1 saturated heterocycles. The van der Waals surface area contributed by atoms with E-state index < -0.39 is 0 Å². The maximum Gasteiger partial charge on any atom is 0.247 e. The molecule has 0 saturated carbocycles. The maximum atomic E-state index is 12.0. The number of anilines is 1. The molecule has 0 aromatic heterocycles. The van der Waals surface area contributed by atoms with Gasteiger partial charge in [-0.25, -0.2) is 0 Å². The number of benzene rings is 1. The first-order valence-electron chi connectivity index (χ1n) is 5.81. The van der Waals surface area contributed by atoms with Crippen LogP contribution in [-0.2, 0) is 9.59 Å². The fourth-order valence-corrected chi connectivity index (χ4v) is 2.19. The van der Waals surface area contributed by atoms with Crippen molar-refractivity contribution in [3.63, 3.8) is 0 Å². The Morgan fingerprint density at radius 2 is 2.22 bits per heavy atom. The Morgan fingerprint density at radius 3 is 2.78 bits per heavy atom. The normalized spacial score (nSPS) is 19.2. The fourth-order valence-electron chi connectivity index (χ4n) is 2.01. The Labute approximate surface area is 111 Å². The molecule has 1 heterocycles. The van der Waals surface area contributed by atoms with Crippen LogP contribution in [-0.4, -0.2) is 29.8 Å². The first-order valence-corrected chi connectivity index (χ1v) is 6.19. The van der Waals surface area contributed by atoms with Crippen molar-refractivity contribution in [3.05, 3.63) is 28.8 Å². The number of likely N-dealkylation sites (tertiary alicyclic amines) is 1. The molecule has 0 spiro atoms. The minimum Gasteiger partial charge on any atom is -0.334 e. The van der Waals surface area contributed by atoms with Gasteiger partial charge in [-0.3, -0.25) is 9.59 Å². The number of carbonyl (C=O) groups excluding carboxylic acids is 2. The SMILES string of the molecule is Cc1ccc(NC(=O)C2CCC(=O)N2C)cc1Cl. The summed E-state index contributed by atoms with van der Waals surface area (Å²) in [5.74, 6) is -0.152. The molecule has 1 aliphatic heterocycles. The molecule has 1 N–H and O–H groups in total. The third-order valence-corrected chi connectivity index (χ3v) is 3.64. The smallest absolute Gasteiger partial charge is 0.247 e. The summed E-state index contributed by atoms with van der Waals surface area (Å²) < 4.78 is 0. The van der Waals surface area contributed by atoms with Crippen LogP contribution in [0.15, 0.2) is 18.2 Å². The van der Waals surface area contributed by atoms with Crippen molar-refractivity contribution in [2.45, 2.75) is 25.8 Å². The molecular formula is C13H15ClN2O2. The summed E-state index contributed by atoms with van der Waals surface area (Å²) in [7, 11) is 1.65. The van der Waals surface area contributed by atoms with E-state index >= 15 is 0 Å². The van der Waals surface area contributed by atoms with Crippen LogP contribution in [0, 0.1) is 6.92 Å². The quantitative estimate of drug-likeness (QED) is 0.892. The lowest BCUT2D eigenvalue weighted by Gasteiger charge is -2.19.